The number of benzene rings is 1. The molecular formula is C19H23N3OS. The molecule has 0 saturated heterocycles. The largest absolute Gasteiger partial charge is 0.392 e. The molecule has 0 aliphatic rings. The Morgan fingerprint density at radius 1 is 1.21 bits per heavy atom. The molecule has 0 aliphatic heterocycles. The van der Waals surface area contributed by atoms with E-state index in [4.69, 9.17) is 0 Å². The quantitative estimate of drug-likeness (QED) is 0.713. The third kappa shape index (κ3) is 4.32. The van der Waals surface area contributed by atoms with Crippen molar-refractivity contribution in [3.8, 4) is 5.69 Å². The van der Waals surface area contributed by atoms with Crippen molar-refractivity contribution in [2.75, 3.05) is 6.54 Å². The van der Waals surface area contributed by atoms with E-state index in [0.717, 1.165) is 18.8 Å². The summed E-state index contributed by atoms with van der Waals surface area (Å²) in [6.45, 7) is 6.34. The van der Waals surface area contributed by atoms with Crippen LogP contribution in [0.3, 0.4) is 0 Å². The fourth-order valence-electron chi connectivity index (χ4n) is 2.76. The smallest absolute Gasteiger partial charge is 0.0645 e. The van der Waals surface area contributed by atoms with Gasteiger partial charge < -0.3 is 5.11 Å². The van der Waals surface area contributed by atoms with Gasteiger partial charge in [-0.3, -0.25) is 4.90 Å². The van der Waals surface area contributed by atoms with E-state index in [1.54, 1.807) is 17.5 Å². The van der Waals surface area contributed by atoms with Crippen LogP contribution in [0.25, 0.3) is 5.69 Å². The van der Waals surface area contributed by atoms with E-state index in [2.05, 4.69) is 52.6 Å². The highest BCUT2D eigenvalue weighted by Gasteiger charge is 2.12. The predicted octanol–water partition coefficient (Wildman–Crippen LogP) is 3.63. The molecule has 1 unspecified atom stereocenters. The van der Waals surface area contributed by atoms with Crippen LogP contribution in [-0.2, 0) is 13.1 Å². The maximum Gasteiger partial charge on any atom is 0.0645 e. The number of hydrogen-bond donors (Lipinski definition) is 1. The molecule has 2 aromatic heterocycles. The van der Waals surface area contributed by atoms with Crippen LogP contribution in [-0.4, -0.2) is 32.4 Å². The van der Waals surface area contributed by atoms with Crippen molar-refractivity contribution in [2.24, 2.45) is 0 Å². The summed E-state index contributed by atoms with van der Waals surface area (Å²) in [4.78, 5) is 3.66. The first-order chi connectivity index (χ1) is 11.6. The lowest BCUT2D eigenvalue weighted by molar-refractivity contribution is 0.118. The van der Waals surface area contributed by atoms with Gasteiger partial charge >= 0.3 is 0 Å². The van der Waals surface area contributed by atoms with Gasteiger partial charge in [0.15, 0.2) is 0 Å². The zero-order valence-electron chi connectivity index (χ0n) is 14.1. The second-order valence-corrected chi connectivity index (χ2v) is 7.16. The number of rotatable bonds is 7. The monoisotopic (exact) mass is 341 g/mol. The fraction of sp³-hybridized carbons (Fsp3) is 0.316. The minimum Gasteiger partial charge on any atom is -0.392 e. The van der Waals surface area contributed by atoms with Crippen LogP contribution in [0, 0.1) is 6.92 Å². The topological polar surface area (TPSA) is 41.3 Å². The van der Waals surface area contributed by atoms with E-state index >= 15 is 0 Å². The Hall–Kier alpha value is -1.95. The molecule has 3 aromatic rings. The molecule has 1 N–H and O–H groups in total. The average molecular weight is 341 g/mol. The van der Waals surface area contributed by atoms with Crippen molar-refractivity contribution in [1.29, 1.82) is 0 Å². The maximum atomic E-state index is 9.82. The van der Waals surface area contributed by atoms with Crippen LogP contribution in [0.5, 0.6) is 0 Å². The summed E-state index contributed by atoms with van der Waals surface area (Å²) in [5.41, 5.74) is 3.62. The van der Waals surface area contributed by atoms with Crippen molar-refractivity contribution in [3.05, 3.63) is 70.2 Å². The zero-order valence-corrected chi connectivity index (χ0v) is 14.9. The molecule has 5 heteroatoms. The zero-order chi connectivity index (χ0) is 16.9. The lowest BCUT2D eigenvalue weighted by Gasteiger charge is -2.24. The summed E-state index contributed by atoms with van der Waals surface area (Å²) >= 11 is 1.78. The van der Waals surface area contributed by atoms with Gasteiger partial charge in [-0.15, -0.1) is 11.3 Å². The van der Waals surface area contributed by atoms with Gasteiger partial charge in [-0.05, 0) is 54.6 Å². The Bertz CT molecular complexity index is 747. The first kappa shape index (κ1) is 16.9. The molecule has 1 aromatic carbocycles. The molecule has 0 radical (unpaired) electrons. The molecule has 0 fully saturated rings. The normalized spacial score (nSPS) is 12.7. The Kier molecular flexibility index (Phi) is 5.45. The van der Waals surface area contributed by atoms with Gasteiger partial charge in [0.1, 0.15) is 0 Å². The summed E-state index contributed by atoms with van der Waals surface area (Å²) in [5.74, 6) is 0. The lowest BCUT2D eigenvalue weighted by Crippen LogP contribution is -2.30. The summed E-state index contributed by atoms with van der Waals surface area (Å²) in [6, 6.07) is 12.5. The number of aromatic nitrogens is 2. The fourth-order valence-corrected chi connectivity index (χ4v) is 3.71. The number of hydrogen-bond acceptors (Lipinski definition) is 4. The third-order valence-electron chi connectivity index (χ3n) is 3.97. The third-order valence-corrected chi connectivity index (χ3v) is 4.98. The molecule has 4 nitrogen and oxygen atoms in total. The molecule has 24 heavy (non-hydrogen) atoms. The minimum atomic E-state index is -0.339. The molecule has 0 spiro atoms. The molecule has 0 amide bonds. The highest BCUT2D eigenvalue weighted by Crippen LogP contribution is 2.20. The van der Waals surface area contributed by atoms with Crippen molar-refractivity contribution in [3.63, 3.8) is 0 Å². The second-order valence-electron chi connectivity index (χ2n) is 6.16. The van der Waals surface area contributed by atoms with E-state index in [-0.39, 0.29) is 6.10 Å². The van der Waals surface area contributed by atoms with Gasteiger partial charge in [0.05, 0.1) is 11.8 Å². The van der Waals surface area contributed by atoms with E-state index in [1.165, 1.54) is 16.0 Å². The van der Waals surface area contributed by atoms with Gasteiger partial charge in [-0.25, -0.2) is 4.68 Å². The summed E-state index contributed by atoms with van der Waals surface area (Å²) in [5, 5.41) is 16.2. The summed E-state index contributed by atoms with van der Waals surface area (Å²) < 4.78 is 1.85. The van der Waals surface area contributed by atoms with Crippen molar-refractivity contribution >= 4 is 11.3 Å². The van der Waals surface area contributed by atoms with Gasteiger partial charge in [-0.2, -0.15) is 5.10 Å². The van der Waals surface area contributed by atoms with Crippen molar-refractivity contribution < 1.29 is 5.11 Å². The average Bonchev–Trinajstić information content (AvgIpc) is 3.20. The molecule has 0 bridgehead atoms. The van der Waals surface area contributed by atoms with E-state index in [0.29, 0.717) is 6.54 Å². The first-order valence-corrected chi connectivity index (χ1v) is 9.02. The highest BCUT2D eigenvalue weighted by molar-refractivity contribution is 7.10. The number of aliphatic hydroxyl groups excluding tert-OH is 1. The van der Waals surface area contributed by atoms with Crippen LogP contribution in [0.15, 0.2) is 54.2 Å². The van der Waals surface area contributed by atoms with Gasteiger partial charge in [0.2, 0.25) is 0 Å². The molecular weight excluding hydrogens is 318 g/mol. The Labute approximate surface area is 147 Å². The maximum absolute atomic E-state index is 9.82. The van der Waals surface area contributed by atoms with Crippen LogP contribution < -0.4 is 0 Å². The van der Waals surface area contributed by atoms with Crippen LogP contribution in [0.1, 0.15) is 22.9 Å². The molecule has 0 saturated carbocycles. The molecule has 1 atom stereocenters. The lowest BCUT2D eigenvalue weighted by atomic mass is 10.1. The molecule has 0 aliphatic carbocycles. The number of aryl methyl sites for hydroxylation is 1. The van der Waals surface area contributed by atoms with Crippen LogP contribution >= 0.6 is 11.3 Å². The van der Waals surface area contributed by atoms with Crippen molar-refractivity contribution in [2.45, 2.75) is 33.0 Å². The number of nitrogens with zero attached hydrogens (tertiary/aromatic N) is 3. The van der Waals surface area contributed by atoms with E-state index < -0.39 is 0 Å². The van der Waals surface area contributed by atoms with Crippen LogP contribution in [0.2, 0.25) is 0 Å². The Balaban J connectivity index is 1.71. The standard InChI is InChI=1S/C19H23N3OS/c1-15-8-11-24-19(15)14-21(12-16(2)23)13-17-4-6-18(7-5-17)22-10-3-9-20-22/h3-11,16,23H,12-14H2,1-2H3. The van der Waals surface area contributed by atoms with Crippen LogP contribution in [0.4, 0.5) is 0 Å². The SMILES string of the molecule is Cc1ccsc1CN(Cc1ccc(-n2cccn2)cc1)CC(C)O. The van der Waals surface area contributed by atoms with E-state index in [9.17, 15) is 5.11 Å². The van der Waals surface area contributed by atoms with Gasteiger partial charge in [0.25, 0.3) is 0 Å². The van der Waals surface area contributed by atoms with Gasteiger partial charge in [0, 0.05) is 36.9 Å². The van der Waals surface area contributed by atoms with Gasteiger partial charge in [-0.1, -0.05) is 12.1 Å². The predicted molar refractivity (Wildman–Crippen MR) is 98.4 cm³/mol. The summed E-state index contributed by atoms with van der Waals surface area (Å²) in [6.07, 6.45) is 3.38. The Morgan fingerprint density at radius 3 is 2.58 bits per heavy atom. The summed E-state index contributed by atoms with van der Waals surface area (Å²) in [7, 11) is 0. The number of thiophene rings is 1. The highest BCUT2D eigenvalue weighted by atomic mass is 32.1. The number of aliphatic hydroxyl groups is 1. The van der Waals surface area contributed by atoms with E-state index in [1.807, 2.05) is 23.9 Å². The minimum absolute atomic E-state index is 0.339. The Morgan fingerprint density at radius 2 is 2.00 bits per heavy atom. The second kappa shape index (κ2) is 7.75. The molecule has 3 rings (SSSR count). The first-order valence-electron chi connectivity index (χ1n) is 8.14. The molecule has 126 valence electrons. The van der Waals surface area contributed by atoms with Crippen molar-refractivity contribution in [1.82, 2.24) is 14.7 Å². The molecule has 2 heterocycles.